The van der Waals surface area contributed by atoms with Crippen LogP contribution >= 0.6 is 0 Å². The van der Waals surface area contributed by atoms with E-state index in [1.165, 1.54) is 0 Å². The highest BCUT2D eigenvalue weighted by Gasteiger charge is 2.24. The SMILES string of the molecule is COc1ccc(C(=O)NC2CCC(Nc3cc(N(C)C)c4ccccc4n3)CC2)cc1OC. The topological polar surface area (TPSA) is 75.7 Å². The lowest BCUT2D eigenvalue weighted by molar-refractivity contribution is 0.0926. The maximum Gasteiger partial charge on any atom is 0.251 e. The van der Waals surface area contributed by atoms with Crippen LogP contribution in [-0.4, -0.2) is 51.3 Å². The van der Waals surface area contributed by atoms with Gasteiger partial charge in [0.2, 0.25) is 0 Å². The Labute approximate surface area is 195 Å². The lowest BCUT2D eigenvalue weighted by Gasteiger charge is -2.30. The van der Waals surface area contributed by atoms with Crippen molar-refractivity contribution in [2.24, 2.45) is 0 Å². The first-order valence-corrected chi connectivity index (χ1v) is 11.3. The minimum Gasteiger partial charge on any atom is -0.493 e. The average Bonchev–Trinajstić information content (AvgIpc) is 2.84. The molecular formula is C26H32N4O3. The van der Waals surface area contributed by atoms with Gasteiger partial charge in [-0.2, -0.15) is 0 Å². The number of aromatic nitrogens is 1. The first-order valence-electron chi connectivity index (χ1n) is 11.3. The summed E-state index contributed by atoms with van der Waals surface area (Å²) in [6.07, 6.45) is 3.79. The molecular weight excluding hydrogens is 416 g/mol. The van der Waals surface area contributed by atoms with Gasteiger partial charge in [0, 0.05) is 48.9 Å². The van der Waals surface area contributed by atoms with Gasteiger partial charge in [-0.3, -0.25) is 4.79 Å². The third kappa shape index (κ3) is 5.13. The Hall–Kier alpha value is -3.48. The summed E-state index contributed by atoms with van der Waals surface area (Å²) in [5, 5.41) is 7.94. The normalized spacial score (nSPS) is 17.9. The Balaban J connectivity index is 1.36. The third-order valence-electron chi connectivity index (χ3n) is 6.24. The highest BCUT2D eigenvalue weighted by molar-refractivity contribution is 5.95. The van der Waals surface area contributed by atoms with Crippen LogP contribution in [0.25, 0.3) is 10.9 Å². The van der Waals surface area contributed by atoms with Crippen LogP contribution in [0.4, 0.5) is 11.5 Å². The van der Waals surface area contributed by atoms with Gasteiger partial charge in [0.05, 0.1) is 19.7 Å². The number of pyridine rings is 1. The maximum atomic E-state index is 12.7. The number of fused-ring (bicyclic) bond motifs is 1. The quantitative estimate of drug-likeness (QED) is 0.555. The Morgan fingerprint density at radius 1 is 0.939 bits per heavy atom. The van der Waals surface area contributed by atoms with Crippen molar-refractivity contribution in [3.63, 3.8) is 0 Å². The number of para-hydroxylation sites is 1. The Kier molecular flexibility index (Phi) is 6.87. The van der Waals surface area contributed by atoms with Crippen molar-refractivity contribution in [3.8, 4) is 11.5 Å². The van der Waals surface area contributed by atoms with Crippen LogP contribution < -0.4 is 25.0 Å². The fraction of sp³-hybridized carbons (Fsp3) is 0.385. The minimum atomic E-state index is -0.0841. The Morgan fingerprint density at radius 3 is 2.33 bits per heavy atom. The number of anilines is 2. The van der Waals surface area contributed by atoms with Crippen molar-refractivity contribution in [2.75, 3.05) is 38.5 Å². The van der Waals surface area contributed by atoms with E-state index in [4.69, 9.17) is 14.5 Å². The lowest BCUT2D eigenvalue weighted by Crippen LogP contribution is -2.40. The molecule has 1 saturated carbocycles. The summed E-state index contributed by atoms with van der Waals surface area (Å²) in [6, 6.07) is 16.1. The first-order chi connectivity index (χ1) is 16.0. The van der Waals surface area contributed by atoms with E-state index in [0.717, 1.165) is 48.1 Å². The van der Waals surface area contributed by atoms with Crippen molar-refractivity contribution < 1.29 is 14.3 Å². The number of ether oxygens (including phenoxy) is 2. The zero-order valence-corrected chi connectivity index (χ0v) is 19.7. The second-order valence-corrected chi connectivity index (χ2v) is 8.67. The fourth-order valence-electron chi connectivity index (χ4n) is 4.44. The molecule has 1 amide bonds. The summed E-state index contributed by atoms with van der Waals surface area (Å²) in [6.45, 7) is 0. The maximum absolute atomic E-state index is 12.7. The zero-order valence-electron chi connectivity index (χ0n) is 19.7. The van der Waals surface area contributed by atoms with E-state index in [9.17, 15) is 4.79 Å². The van der Waals surface area contributed by atoms with Crippen LogP contribution in [0.2, 0.25) is 0 Å². The molecule has 0 saturated heterocycles. The third-order valence-corrected chi connectivity index (χ3v) is 6.24. The molecule has 174 valence electrons. The number of nitrogens with zero attached hydrogens (tertiary/aromatic N) is 2. The van der Waals surface area contributed by atoms with Crippen molar-refractivity contribution >= 4 is 28.3 Å². The van der Waals surface area contributed by atoms with Crippen LogP contribution in [-0.2, 0) is 0 Å². The Morgan fingerprint density at radius 2 is 1.64 bits per heavy atom. The molecule has 0 unspecified atom stereocenters. The van der Waals surface area contributed by atoms with Gasteiger partial charge in [0.1, 0.15) is 5.82 Å². The smallest absolute Gasteiger partial charge is 0.251 e. The van der Waals surface area contributed by atoms with Gasteiger partial charge in [-0.15, -0.1) is 0 Å². The second kappa shape index (κ2) is 9.98. The van der Waals surface area contributed by atoms with E-state index >= 15 is 0 Å². The van der Waals surface area contributed by atoms with Gasteiger partial charge in [-0.05, 0) is 49.9 Å². The molecule has 0 atom stereocenters. The van der Waals surface area contributed by atoms with E-state index in [1.54, 1.807) is 32.4 Å². The van der Waals surface area contributed by atoms with Crippen LogP contribution in [0.15, 0.2) is 48.5 Å². The molecule has 0 radical (unpaired) electrons. The number of carbonyl (C=O) groups excluding carboxylic acids is 1. The van der Waals surface area contributed by atoms with Crippen LogP contribution in [0, 0.1) is 0 Å². The fourth-order valence-corrected chi connectivity index (χ4v) is 4.44. The van der Waals surface area contributed by atoms with Gasteiger partial charge in [0.25, 0.3) is 5.91 Å². The van der Waals surface area contributed by atoms with E-state index in [-0.39, 0.29) is 11.9 Å². The molecule has 2 N–H and O–H groups in total. The molecule has 0 aliphatic heterocycles. The van der Waals surface area contributed by atoms with E-state index in [1.807, 2.05) is 18.2 Å². The molecule has 1 heterocycles. The molecule has 1 aliphatic carbocycles. The molecule has 1 aliphatic rings. The number of amides is 1. The Bertz CT molecular complexity index is 1120. The molecule has 33 heavy (non-hydrogen) atoms. The molecule has 7 nitrogen and oxygen atoms in total. The second-order valence-electron chi connectivity index (χ2n) is 8.67. The van der Waals surface area contributed by atoms with Crippen LogP contribution in [0.5, 0.6) is 11.5 Å². The van der Waals surface area contributed by atoms with Crippen LogP contribution in [0.1, 0.15) is 36.0 Å². The van der Waals surface area contributed by atoms with Crippen LogP contribution in [0.3, 0.4) is 0 Å². The monoisotopic (exact) mass is 448 g/mol. The van der Waals surface area contributed by atoms with Gasteiger partial charge in [-0.1, -0.05) is 18.2 Å². The highest BCUT2D eigenvalue weighted by atomic mass is 16.5. The highest BCUT2D eigenvalue weighted by Crippen LogP contribution is 2.30. The first kappa shape index (κ1) is 22.7. The number of rotatable bonds is 7. The van der Waals surface area contributed by atoms with Crippen molar-refractivity contribution in [3.05, 3.63) is 54.1 Å². The standard InChI is InChI=1S/C26H32N4O3/c1-30(2)22-16-25(29-21-8-6-5-7-20(21)22)27-18-10-12-19(13-11-18)28-26(31)17-9-14-23(32-3)24(15-17)33-4/h5-9,14-16,18-19H,10-13H2,1-4H3,(H,27,29)(H,28,31). The van der Waals surface area contributed by atoms with Crippen molar-refractivity contribution in [1.29, 1.82) is 0 Å². The molecule has 2 aromatic carbocycles. The molecule has 7 heteroatoms. The number of hydrogen-bond acceptors (Lipinski definition) is 6. The van der Waals surface area contributed by atoms with Gasteiger partial charge < -0.3 is 25.0 Å². The van der Waals surface area contributed by atoms with E-state index in [2.05, 4.69) is 41.8 Å². The lowest BCUT2D eigenvalue weighted by atomic mass is 9.91. The summed E-state index contributed by atoms with van der Waals surface area (Å²) in [5.41, 5.74) is 2.71. The molecule has 0 bridgehead atoms. The summed E-state index contributed by atoms with van der Waals surface area (Å²) in [4.78, 5) is 19.7. The van der Waals surface area contributed by atoms with Gasteiger partial charge in [0.15, 0.2) is 11.5 Å². The average molecular weight is 449 g/mol. The molecule has 1 aromatic heterocycles. The van der Waals surface area contributed by atoms with Gasteiger partial charge >= 0.3 is 0 Å². The predicted octanol–water partition coefficient (Wildman–Crippen LogP) is 4.47. The summed E-state index contributed by atoms with van der Waals surface area (Å²) < 4.78 is 10.6. The van der Waals surface area contributed by atoms with Crippen molar-refractivity contribution in [1.82, 2.24) is 10.3 Å². The van der Waals surface area contributed by atoms with E-state index < -0.39 is 0 Å². The summed E-state index contributed by atoms with van der Waals surface area (Å²) in [7, 11) is 7.26. The zero-order chi connectivity index (χ0) is 23.4. The molecule has 1 fully saturated rings. The largest absolute Gasteiger partial charge is 0.493 e. The number of nitrogens with one attached hydrogen (secondary N) is 2. The number of methoxy groups -OCH3 is 2. The molecule has 0 spiro atoms. The minimum absolute atomic E-state index is 0.0841. The number of benzene rings is 2. The summed E-state index contributed by atoms with van der Waals surface area (Å²) >= 11 is 0. The molecule has 4 rings (SSSR count). The predicted molar refractivity (Wildman–Crippen MR) is 133 cm³/mol. The summed E-state index contributed by atoms with van der Waals surface area (Å²) in [5.74, 6) is 1.98. The number of carbonyl (C=O) groups is 1. The molecule has 3 aromatic rings. The van der Waals surface area contributed by atoms with Crippen molar-refractivity contribution in [2.45, 2.75) is 37.8 Å². The van der Waals surface area contributed by atoms with E-state index in [0.29, 0.717) is 23.1 Å². The van der Waals surface area contributed by atoms with Gasteiger partial charge in [-0.25, -0.2) is 4.98 Å². The number of hydrogen-bond donors (Lipinski definition) is 2.